The fourth-order valence-electron chi connectivity index (χ4n) is 3.79. The number of nitrogens with one attached hydrogen (secondary N) is 1. The maximum atomic E-state index is 12.2. The second kappa shape index (κ2) is 8.97. The van der Waals surface area contributed by atoms with Gasteiger partial charge in [0, 0.05) is 16.5 Å². The highest BCUT2D eigenvalue weighted by Crippen LogP contribution is 2.24. The number of hydrogen-bond donors (Lipinski definition) is 4. The van der Waals surface area contributed by atoms with Gasteiger partial charge in [-0.15, -0.1) is 0 Å². The van der Waals surface area contributed by atoms with Gasteiger partial charge >= 0.3 is 0 Å². The lowest BCUT2D eigenvalue weighted by atomic mass is 10.0. The van der Waals surface area contributed by atoms with E-state index in [1.54, 1.807) is 0 Å². The molecular formula is C24H26N6O. The van der Waals surface area contributed by atoms with E-state index in [-0.39, 0.29) is 23.1 Å². The van der Waals surface area contributed by atoms with Crippen LogP contribution in [0.1, 0.15) is 18.4 Å². The predicted octanol–water partition coefficient (Wildman–Crippen LogP) is 2.17. The molecule has 0 unspecified atom stereocenters. The van der Waals surface area contributed by atoms with Gasteiger partial charge in [0.05, 0.1) is 22.9 Å². The summed E-state index contributed by atoms with van der Waals surface area (Å²) in [5.74, 6) is -0.609. The minimum atomic E-state index is -0.696. The predicted molar refractivity (Wildman–Crippen MR) is 125 cm³/mol. The fourth-order valence-corrected chi connectivity index (χ4v) is 3.79. The summed E-state index contributed by atoms with van der Waals surface area (Å²) in [6, 6.07) is 19.6. The summed E-state index contributed by atoms with van der Waals surface area (Å²) in [4.78, 5) is 21.5. The zero-order valence-electron chi connectivity index (χ0n) is 17.2. The molecule has 4 rings (SSSR count). The lowest BCUT2D eigenvalue weighted by Gasteiger charge is -2.20. The summed E-state index contributed by atoms with van der Waals surface area (Å²) < 4.78 is 0. The number of amides is 1. The number of pyridine rings is 1. The number of hydrogen-bond acceptors (Lipinski definition) is 5. The Bertz CT molecular complexity index is 1160. The third-order valence-electron chi connectivity index (χ3n) is 5.47. The lowest BCUT2D eigenvalue weighted by Crippen LogP contribution is -2.34. The first kappa shape index (κ1) is 20.6. The SMILES string of the molecule is NC(=O)/C(C(N)=NC1CCNCC1)=C(/N)c1ccc2ccc(-c3ccccc3)nc2c1. The molecule has 0 atom stereocenters. The number of benzene rings is 2. The fraction of sp³-hybridized carbons (Fsp3) is 0.208. The molecule has 7 nitrogen and oxygen atoms in total. The first-order valence-electron chi connectivity index (χ1n) is 10.3. The number of fused-ring (bicyclic) bond motifs is 1. The molecule has 7 N–H and O–H groups in total. The van der Waals surface area contributed by atoms with Gasteiger partial charge in [0.1, 0.15) is 11.4 Å². The Morgan fingerprint density at radius 1 is 0.968 bits per heavy atom. The monoisotopic (exact) mass is 414 g/mol. The lowest BCUT2D eigenvalue weighted by molar-refractivity contribution is -0.114. The van der Waals surface area contributed by atoms with Crippen LogP contribution in [0.5, 0.6) is 0 Å². The van der Waals surface area contributed by atoms with Crippen LogP contribution < -0.4 is 22.5 Å². The van der Waals surface area contributed by atoms with E-state index in [4.69, 9.17) is 22.2 Å². The maximum absolute atomic E-state index is 12.2. The van der Waals surface area contributed by atoms with E-state index >= 15 is 0 Å². The van der Waals surface area contributed by atoms with Crippen LogP contribution in [0.15, 0.2) is 71.2 Å². The molecule has 2 heterocycles. The number of nitrogens with zero attached hydrogens (tertiary/aromatic N) is 2. The van der Waals surface area contributed by atoms with Gasteiger partial charge in [-0.2, -0.15) is 0 Å². The van der Waals surface area contributed by atoms with Crippen LogP contribution in [0.3, 0.4) is 0 Å². The van der Waals surface area contributed by atoms with Gasteiger partial charge in [-0.1, -0.05) is 48.5 Å². The van der Waals surface area contributed by atoms with Crippen molar-refractivity contribution >= 4 is 28.3 Å². The molecule has 7 heteroatoms. The van der Waals surface area contributed by atoms with Crippen molar-refractivity contribution in [2.45, 2.75) is 18.9 Å². The standard InChI is InChI=1S/C24H26N6O/c25-22(21(24(27)31)23(26)29-18-10-12-28-13-11-18)17-7-6-16-8-9-19(30-20(16)14-17)15-4-2-1-3-5-15/h1-9,14,18,28H,10-13,25H2,(H2,26,29)(H2,27,31)/b22-21+. The number of rotatable bonds is 5. The smallest absolute Gasteiger partial charge is 0.254 e. The van der Waals surface area contributed by atoms with Gasteiger partial charge in [0.25, 0.3) is 5.91 Å². The van der Waals surface area contributed by atoms with Crippen molar-refractivity contribution in [1.82, 2.24) is 10.3 Å². The average molecular weight is 415 g/mol. The number of carbonyl (C=O) groups is 1. The van der Waals surface area contributed by atoms with Crippen molar-refractivity contribution in [3.05, 3.63) is 71.8 Å². The zero-order valence-corrected chi connectivity index (χ0v) is 17.2. The molecule has 1 fully saturated rings. The number of carbonyl (C=O) groups excluding carboxylic acids is 1. The summed E-state index contributed by atoms with van der Waals surface area (Å²) in [5.41, 5.74) is 21.7. The minimum absolute atomic E-state index is 0.0510. The number of amidine groups is 1. The van der Waals surface area contributed by atoms with Gasteiger partial charge in [-0.05, 0) is 38.1 Å². The van der Waals surface area contributed by atoms with Gasteiger partial charge < -0.3 is 22.5 Å². The first-order valence-corrected chi connectivity index (χ1v) is 10.3. The molecule has 1 amide bonds. The molecule has 0 spiro atoms. The molecule has 1 saturated heterocycles. The number of aromatic nitrogens is 1. The van der Waals surface area contributed by atoms with Crippen LogP contribution in [0.25, 0.3) is 27.9 Å². The van der Waals surface area contributed by atoms with Crippen LogP contribution in [0, 0.1) is 0 Å². The van der Waals surface area contributed by atoms with Crippen LogP contribution in [0.4, 0.5) is 0 Å². The second-order valence-electron chi connectivity index (χ2n) is 7.62. The van der Waals surface area contributed by atoms with E-state index in [1.165, 1.54) is 0 Å². The van der Waals surface area contributed by atoms with E-state index in [9.17, 15) is 4.79 Å². The molecule has 1 aliphatic rings. The third kappa shape index (κ3) is 4.57. The molecule has 0 radical (unpaired) electrons. The molecule has 1 aromatic heterocycles. The van der Waals surface area contributed by atoms with Gasteiger partial charge in [-0.3, -0.25) is 9.79 Å². The summed E-state index contributed by atoms with van der Waals surface area (Å²) in [7, 11) is 0. The molecule has 31 heavy (non-hydrogen) atoms. The molecule has 0 saturated carbocycles. The Morgan fingerprint density at radius 3 is 2.39 bits per heavy atom. The Morgan fingerprint density at radius 2 is 1.68 bits per heavy atom. The number of aliphatic imine (C=N–C) groups is 1. The normalized spacial score (nSPS) is 16.2. The Hall–Kier alpha value is -3.71. The molecule has 3 aromatic rings. The summed E-state index contributed by atoms with van der Waals surface area (Å²) in [6.45, 7) is 1.74. The highest BCUT2D eigenvalue weighted by molar-refractivity contribution is 6.24. The van der Waals surface area contributed by atoms with Gasteiger partial charge in [0.2, 0.25) is 0 Å². The van der Waals surface area contributed by atoms with E-state index in [0.29, 0.717) is 5.56 Å². The Kier molecular flexibility index (Phi) is 5.95. The van der Waals surface area contributed by atoms with E-state index < -0.39 is 5.91 Å². The summed E-state index contributed by atoms with van der Waals surface area (Å²) >= 11 is 0. The van der Waals surface area contributed by atoms with Crippen molar-refractivity contribution in [3.63, 3.8) is 0 Å². The van der Waals surface area contributed by atoms with Crippen molar-refractivity contribution in [3.8, 4) is 11.3 Å². The number of primary amides is 1. The van der Waals surface area contributed by atoms with E-state index in [2.05, 4.69) is 10.3 Å². The van der Waals surface area contributed by atoms with Crippen molar-refractivity contribution < 1.29 is 4.79 Å². The van der Waals surface area contributed by atoms with Crippen LogP contribution >= 0.6 is 0 Å². The van der Waals surface area contributed by atoms with Crippen molar-refractivity contribution in [2.75, 3.05) is 13.1 Å². The largest absolute Gasteiger partial charge is 0.397 e. The number of piperidine rings is 1. The van der Waals surface area contributed by atoms with Crippen molar-refractivity contribution in [2.24, 2.45) is 22.2 Å². The van der Waals surface area contributed by atoms with Crippen molar-refractivity contribution in [1.29, 1.82) is 0 Å². The molecule has 0 bridgehead atoms. The molecular weight excluding hydrogens is 388 g/mol. The molecule has 158 valence electrons. The Labute approximate surface area is 181 Å². The maximum Gasteiger partial charge on any atom is 0.254 e. The van der Waals surface area contributed by atoms with E-state index in [0.717, 1.165) is 48.1 Å². The highest BCUT2D eigenvalue weighted by atomic mass is 16.1. The van der Waals surface area contributed by atoms with Crippen LogP contribution in [-0.4, -0.2) is 35.9 Å². The first-order chi connectivity index (χ1) is 15.0. The van der Waals surface area contributed by atoms with Crippen LogP contribution in [-0.2, 0) is 4.79 Å². The van der Waals surface area contributed by atoms with E-state index in [1.807, 2.05) is 60.7 Å². The quantitative estimate of drug-likeness (QED) is 0.288. The van der Waals surface area contributed by atoms with Gasteiger partial charge in [0.15, 0.2) is 0 Å². The topological polar surface area (TPSA) is 132 Å². The molecule has 0 aliphatic carbocycles. The summed E-state index contributed by atoms with van der Waals surface area (Å²) in [6.07, 6.45) is 1.71. The Balaban J connectivity index is 1.74. The van der Waals surface area contributed by atoms with Gasteiger partial charge in [-0.25, -0.2) is 4.98 Å². The number of nitrogens with two attached hydrogens (primary N) is 3. The summed E-state index contributed by atoms with van der Waals surface area (Å²) in [5, 5.41) is 4.24. The zero-order chi connectivity index (χ0) is 21.8. The third-order valence-corrected chi connectivity index (χ3v) is 5.47. The minimum Gasteiger partial charge on any atom is -0.397 e. The molecule has 2 aromatic carbocycles. The average Bonchev–Trinajstić information content (AvgIpc) is 2.79. The van der Waals surface area contributed by atoms with Crippen LogP contribution in [0.2, 0.25) is 0 Å². The second-order valence-corrected chi connectivity index (χ2v) is 7.62. The highest BCUT2D eigenvalue weighted by Gasteiger charge is 2.19. The molecule has 1 aliphatic heterocycles.